The lowest BCUT2D eigenvalue weighted by Gasteiger charge is -2.25. The Kier molecular flexibility index (Phi) is 5.28. The number of rotatable bonds is 6. The molecule has 2 aromatic carbocycles. The Morgan fingerprint density at radius 1 is 1.05 bits per heavy atom. The van der Waals surface area contributed by atoms with Crippen molar-refractivity contribution in [3.05, 3.63) is 66.0 Å². The van der Waals surface area contributed by atoms with Crippen LogP contribution in [0.3, 0.4) is 0 Å². The second kappa shape index (κ2) is 7.00. The van der Waals surface area contributed by atoms with Gasteiger partial charge in [-0.1, -0.05) is 30.3 Å². The molecule has 0 bridgehead atoms. The first kappa shape index (κ1) is 16.6. The van der Waals surface area contributed by atoms with Crippen molar-refractivity contribution < 1.29 is 12.8 Å². The van der Waals surface area contributed by atoms with E-state index in [1.807, 2.05) is 19.0 Å². The molecule has 22 heavy (non-hydrogen) atoms. The molecule has 0 amide bonds. The normalized spacial score (nSPS) is 13.3. The van der Waals surface area contributed by atoms with Crippen molar-refractivity contribution in [2.24, 2.45) is 0 Å². The van der Waals surface area contributed by atoms with Crippen LogP contribution in [-0.2, 0) is 10.0 Å². The summed E-state index contributed by atoms with van der Waals surface area (Å²) in [4.78, 5) is 2.12. The zero-order chi connectivity index (χ0) is 16.2. The van der Waals surface area contributed by atoms with Crippen molar-refractivity contribution in [1.29, 1.82) is 0 Å². The van der Waals surface area contributed by atoms with Crippen molar-refractivity contribution >= 4 is 10.0 Å². The molecule has 0 heterocycles. The lowest BCUT2D eigenvalue weighted by atomic mass is 10.1. The maximum Gasteiger partial charge on any atom is 0.240 e. The number of nitrogens with one attached hydrogen (secondary N) is 1. The fourth-order valence-electron chi connectivity index (χ4n) is 2.16. The predicted octanol–water partition coefficient (Wildman–Crippen LogP) is 2.41. The van der Waals surface area contributed by atoms with Gasteiger partial charge in [-0.2, -0.15) is 0 Å². The van der Waals surface area contributed by atoms with E-state index in [1.54, 1.807) is 42.5 Å². The molecule has 0 saturated carbocycles. The van der Waals surface area contributed by atoms with E-state index in [2.05, 4.69) is 4.72 Å². The molecule has 0 aliphatic rings. The standard InChI is InChI=1S/C16H19FN2O2S/c1-19(2)16(13-8-10-14(17)11-9-13)12-18-22(20,21)15-6-4-3-5-7-15/h3-11,16,18H,12H2,1-2H3. The quantitative estimate of drug-likeness (QED) is 0.888. The summed E-state index contributed by atoms with van der Waals surface area (Å²) < 4.78 is 40.1. The maximum atomic E-state index is 13.0. The Hall–Kier alpha value is -1.76. The number of likely N-dealkylation sites (N-methyl/N-ethyl adjacent to an activating group) is 1. The molecule has 118 valence electrons. The summed E-state index contributed by atoms with van der Waals surface area (Å²) in [5.41, 5.74) is 0.849. The second-order valence-corrected chi connectivity index (χ2v) is 6.96. The minimum atomic E-state index is -3.56. The van der Waals surface area contributed by atoms with Crippen molar-refractivity contribution in [2.45, 2.75) is 10.9 Å². The highest BCUT2D eigenvalue weighted by Gasteiger charge is 2.19. The van der Waals surface area contributed by atoms with E-state index in [4.69, 9.17) is 0 Å². The number of halogens is 1. The minimum absolute atomic E-state index is 0.181. The summed E-state index contributed by atoms with van der Waals surface area (Å²) in [6.07, 6.45) is 0. The lowest BCUT2D eigenvalue weighted by Crippen LogP contribution is -2.34. The molecule has 1 unspecified atom stereocenters. The van der Waals surface area contributed by atoms with Gasteiger partial charge in [0.2, 0.25) is 10.0 Å². The van der Waals surface area contributed by atoms with Crippen LogP contribution in [0.25, 0.3) is 0 Å². The zero-order valence-electron chi connectivity index (χ0n) is 12.5. The lowest BCUT2D eigenvalue weighted by molar-refractivity contribution is 0.299. The molecule has 1 atom stereocenters. The third-order valence-corrected chi connectivity index (χ3v) is 4.84. The van der Waals surface area contributed by atoms with E-state index in [1.165, 1.54) is 12.1 Å². The highest BCUT2D eigenvalue weighted by Crippen LogP contribution is 2.19. The van der Waals surface area contributed by atoms with E-state index in [0.29, 0.717) is 0 Å². The summed E-state index contributed by atoms with van der Waals surface area (Å²) in [5, 5.41) is 0. The van der Waals surface area contributed by atoms with E-state index in [-0.39, 0.29) is 23.3 Å². The van der Waals surface area contributed by atoms with Gasteiger partial charge in [0.15, 0.2) is 0 Å². The molecule has 0 fully saturated rings. The molecular formula is C16H19FN2O2S. The van der Waals surface area contributed by atoms with E-state index < -0.39 is 10.0 Å². The van der Waals surface area contributed by atoms with Crippen LogP contribution in [0.5, 0.6) is 0 Å². The Balaban J connectivity index is 2.14. The van der Waals surface area contributed by atoms with Gasteiger partial charge < -0.3 is 4.90 Å². The van der Waals surface area contributed by atoms with E-state index >= 15 is 0 Å². The molecular weight excluding hydrogens is 303 g/mol. The van der Waals surface area contributed by atoms with Crippen LogP contribution < -0.4 is 4.72 Å². The van der Waals surface area contributed by atoms with Gasteiger partial charge in [0, 0.05) is 12.6 Å². The van der Waals surface area contributed by atoms with Crippen LogP contribution in [0, 0.1) is 5.82 Å². The number of hydrogen-bond donors (Lipinski definition) is 1. The molecule has 0 aliphatic carbocycles. The first-order chi connectivity index (χ1) is 10.4. The summed E-state index contributed by atoms with van der Waals surface area (Å²) in [6.45, 7) is 0.204. The van der Waals surface area contributed by atoms with Gasteiger partial charge in [-0.05, 0) is 43.9 Å². The van der Waals surface area contributed by atoms with Gasteiger partial charge in [-0.3, -0.25) is 0 Å². The number of sulfonamides is 1. The molecule has 4 nitrogen and oxygen atoms in total. The Bertz CT molecular complexity index is 701. The first-order valence-electron chi connectivity index (χ1n) is 6.87. The smallest absolute Gasteiger partial charge is 0.240 e. The van der Waals surface area contributed by atoms with Crippen molar-refractivity contribution in [3.63, 3.8) is 0 Å². The number of nitrogens with zero attached hydrogens (tertiary/aromatic N) is 1. The minimum Gasteiger partial charge on any atom is -0.301 e. The van der Waals surface area contributed by atoms with Gasteiger partial charge in [0.1, 0.15) is 5.82 Å². The molecule has 1 N–H and O–H groups in total. The highest BCUT2D eigenvalue weighted by atomic mass is 32.2. The fourth-order valence-corrected chi connectivity index (χ4v) is 3.21. The summed E-state index contributed by atoms with van der Waals surface area (Å²) in [7, 11) is 0.148. The Labute approximate surface area is 130 Å². The third-order valence-electron chi connectivity index (χ3n) is 3.40. The molecule has 2 rings (SSSR count). The Morgan fingerprint density at radius 2 is 1.64 bits per heavy atom. The largest absolute Gasteiger partial charge is 0.301 e. The van der Waals surface area contributed by atoms with Crippen LogP contribution in [-0.4, -0.2) is 34.0 Å². The average Bonchev–Trinajstić information content (AvgIpc) is 2.50. The molecule has 2 aromatic rings. The van der Waals surface area contributed by atoms with Crippen LogP contribution in [0.1, 0.15) is 11.6 Å². The fraction of sp³-hybridized carbons (Fsp3) is 0.250. The zero-order valence-corrected chi connectivity index (χ0v) is 13.3. The molecule has 0 aromatic heterocycles. The van der Waals surface area contributed by atoms with E-state index in [0.717, 1.165) is 5.56 Å². The molecule has 0 aliphatic heterocycles. The first-order valence-corrected chi connectivity index (χ1v) is 8.35. The second-order valence-electron chi connectivity index (χ2n) is 5.20. The SMILES string of the molecule is CN(C)C(CNS(=O)(=O)c1ccccc1)c1ccc(F)cc1. The summed E-state index contributed by atoms with van der Waals surface area (Å²) in [5.74, 6) is -0.314. The van der Waals surface area contributed by atoms with Crippen molar-refractivity contribution in [3.8, 4) is 0 Å². The van der Waals surface area contributed by atoms with Gasteiger partial charge in [0.25, 0.3) is 0 Å². The average molecular weight is 322 g/mol. The number of hydrogen-bond acceptors (Lipinski definition) is 3. The van der Waals surface area contributed by atoms with Crippen LogP contribution in [0.15, 0.2) is 59.5 Å². The monoisotopic (exact) mass is 322 g/mol. The van der Waals surface area contributed by atoms with Gasteiger partial charge in [-0.15, -0.1) is 0 Å². The molecule has 0 radical (unpaired) electrons. The molecule has 0 spiro atoms. The van der Waals surface area contributed by atoms with E-state index in [9.17, 15) is 12.8 Å². The van der Waals surface area contributed by atoms with Gasteiger partial charge in [-0.25, -0.2) is 17.5 Å². The van der Waals surface area contributed by atoms with Crippen LogP contribution in [0.4, 0.5) is 4.39 Å². The van der Waals surface area contributed by atoms with Crippen LogP contribution in [0.2, 0.25) is 0 Å². The third kappa shape index (κ3) is 4.13. The van der Waals surface area contributed by atoms with Crippen molar-refractivity contribution in [1.82, 2.24) is 9.62 Å². The van der Waals surface area contributed by atoms with Crippen LogP contribution >= 0.6 is 0 Å². The summed E-state index contributed by atoms with van der Waals surface area (Å²) >= 11 is 0. The molecule has 0 saturated heterocycles. The van der Waals surface area contributed by atoms with Crippen molar-refractivity contribution in [2.75, 3.05) is 20.6 Å². The Morgan fingerprint density at radius 3 is 2.18 bits per heavy atom. The molecule has 6 heteroatoms. The summed E-state index contributed by atoms with van der Waals surface area (Å²) in [6, 6.07) is 14.1. The topological polar surface area (TPSA) is 49.4 Å². The van der Waals surface area contributed by atoms with Gasteiger partial charge >= 0.3 is 0 Å². The number of benzene rings is 2. The highest BCUT2D eigenvalue weighted by molar-refractivity contribution is 7.89. The van der Waals surface area contributed by atoms with Gasteiger partial charge in [0.05, 0.1) is 4.90 Å². The predicted molar refractivity (Wildman–Crippen MR) is 84.5 cm³/mol. The maximum absolute atomic E-state index is 13.0.